The van der Waals surface area contributed by atoms with Crippen molar-refractivity contribution in [2.45, 2.75) is 18.7 Å². The third-order valence-electron chi connectivity index (χ3n) is 2.67. The smallest absolute Gasteiger partial charge is 0.248 e. The summed E-state index contributed by atoms with van der Waals surface area (Å²) >= 11 is 0. The van der Waals surface area contributed by atoms with E-state index in [2.05, 4.69) is 0 Å². The zero-order valence-electron chi connectivity index (χ0n) is 11.1. The highest BCUT2D eigenvalue weighted by Gasteiger charge is 2.31. The van der Waals surface area contributed by atoms with Gasteiger partial charge in [0, 0.05) is 18.8 Å². The van der Waals surface area contributed by atoms with E-state index in [1.54, 1.807) is 0 Å². The van der Waals surface area contributed by atoms with E-state index in [1.807, 2.05) is 6.07 Å². The van der Waals surface area contributed by atoms with E-state index < -0.39 is 32.5 Å². The van der Waals surface area contributed by atoms with Gasteiger partial charge in [-0.25, -0.2) is 17.2 Å². The van der Waals surface area contributed by atoms with Gasteiger partial charge in [-0.3, -0.25) is 0 Å². The van der Waals surface area contributed by atoms with Crippen LogP contribution in [-0.4, -0.2) is 25.8 Å². The van der Waals surface area contributed by atoms with Crippen LogP contribution in [0.1, 0.15) is 13.8 Å². The van der Waals surface area contributed by atoms with Crippen molar-refractivity contribution < 1.29 is 17.2 Å². The zero-order valence-corrected chi connectivity index (χ0v) is 11.9. The fourth-order valence-corrected chi connectivity index (χ4v) is 3.33. The van der Waals surface area contributed by atoms with Gasteiger partial charge in [0.25, 0.3) is 0 Å². The number of hydrogen-bond acceptors (Lipinski definition) is 4. The van der Waals surface area contributed by atoms with Crippen molar-refractivity contribution in [3.8, 4) is 6.07 Å². The van der Waals surface area contributed by atoms with Gasteiger partial charge in [0.1, 0.15) is 11.6 Å². The Kier molecular flexibility index (Phi) is 5.03. The van der Waals surface area contributed by atoms with E-state index in [-0.39, 0.29) is 18.8 Å². The van der Waals surface area contributed by atoms with Crippen LogP contribution >= 0.6 is 0 Å². The van der Waals surface area contributed by atoms with E-state index in [1.165, 1.54) is 13.8 Å². The maximum Gasteiger partial charge on any atom is 0.248 e. The highest BCUT2D eigenvalue weighted by Crippen LogP contribution is 2.25. The molecule has 1 unspecified atom stereocenters. The summed E-state index contributed by atoms with van der Waals surface area (Å²) in [6, 6.07) is 3.37. The van der Waals surface area contributed by atoms with E-state index in [4.69, 9.17) is 11.0 Å². The van der Waals surface area contributed by atoms with Gasteiger partial charge in [-0.1, -0.05) is 6.92 Å². The number of nitriles is 1. The predicted octanol–water partition coefficient (Wildman–Crippen LogP) is 1.72. The summed E-state index contributed by atoms with van der Waals surface area (Å²) in [7, 11) is -4.36. The summed E-state index contributed by atoms with van der Waals surface area (Å²) < 4.78 is 52.9. The predicted molar refractivity (Wildman–Crippen MR) is 70.0 cm³/mol. The molecule has 1 aromatic carbocycles. The fraction of sp³-hybridized carbons (Fsp3) is 0.417. The van der Waals surface area contributed by atoms with Crippen LogP contribution in [0, 0.1) is 28.9 Å². The fourth-order valence-electron chi connectivity index (χ4n) is 1.70. The number of nitrogens with two attached hydrogens (primary N) is 1. The Hall–Kier alpha value is -1.72. The Balaban J connectivity index is 3.32. The number of nitrogen functional groups attached to an aromatic ring is 1. The van der Waals surface area contributed by atoms with Gasteiger partial charge < -0.3 is 5.73 Å². The molecule has 1 atom stereocenters. The third-order valence-corrected chi connectivity index (χ3v) is 4.66. The second-order valence-corrected chi connectivity index (χ2v) is 6.17. The third kappa shape index (κ3) is 3.23. The average molecular weight is 303 g/mol. The second kappa shape index (κ2) is 6.15. The summed E-state index contributed by atoms with van der Waals surface area (Å²) in [5, 5.41) is 8.72. The lowest BCUT2D eigenvalue weighted by atomic mass is 10.2. The summed E-state index contributed by atoms with van der Waals surface area (Å²) in [4.78, 5) is -1.04. The van der Waals surface area contributed by atoms with Crippen molar-refractivity contribution in [2.24, 2.45) is 5.92 Å². The molecule has 0 aliphatic heterocycles. The molecule has 0 bridgehead atoms. The molecule has 0 radical (unpaired) electrons. The molecule has 2 N–H and O–H groups in total. The minimum Gasteiger partial charge on any atom is -0.399 e. The van der Waals surface area contributed by atoms with Crippen LogP contribution in [0.15, 0.2) is 17.0 Å². The standard InChI is InChI=1S/C12H15F2N3O2S/c1-3-17(7-8(2)6-15)20(18,19)12-10(13)4-9(16)5-11(12)14/h4-5,8H,3,7,16H2,1-2H3. The van der Waals surface area contributed by atoms with Gasteiger partial charge in [-0.2, -0.15) is 9.57 Å². The Bertz CT molecular complexity index is 618. The molecular weight excluding hydrogens is 288 g/mol. The van der Waals surface area contributed by atoms with Gasteiger partial charge in [0.2, 0.25) is 10.0 Å². The minimum absolute atomic E-state index is 0.00237. The molecule has 0 fully saturated rings. The Morgan fingerprint density at radius 1 is 1.40 bits per heavy atom. The van der Waals surface area contributed by atoms with Crippen molar-refractivity contribution in [1.29, 1.82) is 5.26 Å². The monoisotopic (exact) mass is 303 g/mol. The molecule has 8 heteroatoms. The molecule has 0 aliphatic rings. The first kappa shape index (κ1) is 16.3. The number of hydrogen-bond donors (Lipinski definition) is 1. The summed E-state index contributed by atoms with van der Waals surface area (Å²) in [6.45, 7) is 2.90. The van der Waals surface area contributed by atoms with Crippen LogP contribution in [-0.2, 0) is 10.0 Å². The lowest BCUT2D eigenvalue weighted by Crippen LogP contribution is -2.35. The summed E-state index contributed by atoms with van der Waals surface area (Å²) in [6.07, 6.45) is 0. The van der Waals surface area contributed by atoms with Gasteiger partial charge in [-0.15, -0.1) is 0 Å². The lowest BCUT2D eigenvalue weighted by molar-refractivity contribution is 0.392. The molecule has 0 saturated carbocycles. The number of anilines is 1. The van der Waals surface area contributed by atoms with Crippen LogP contribution < -0.4 is 5.73 Å². The SMILES string of the molecule is CCN(CC(C)C#N)S(=O)(=O)c1c(F)cc(N)cc1F. The molecule has 110 valence electrons. The van der Waals surface area contributed by atoms with Gasteiger partial charge >= 0.3 is 0 Å². The van der Waals surface area contributed by atoms with E-state index in [9.17, 15) is 17.2 Å². The first-order chi connectivity index (χ1) is 9.23. The van der Waals surface area contributed by atoms with Crippen LogP contribution in [0.3, 0.4) is 0 Å². The van der Waals surface area contributed by atoms with Gasteiger partial charge in [-0.05, 0) is 19.1 Å². The maximum atomic E-state index is 13.7. The molecule has 0 spiro atoms. The maximum absolute atomic E-state index is 13.7. The van der Waals surface area contributed by atoms with Crippen LogP contribution in [0.4, 0.5) is 14.5 Å². The van der Waals surface area contributed by atoms with E-state index in [0.717, 1.165) is 16.4 Å². The molecule has 1 rings (SSSR count). The zero-order chi connectivity index (χ0) is 15.5. The summed E-state index contributed by atoms with van der Waals surface area (Å²) in [5.74, 6) is -3.08. The lowest BCUT2D eigenvalue weighted by Gasteiger charge is -2.22. The molecule has 0 amide bonds. The largest absolute Gasteiger partial charge is 0.399 e. The van der Waals surface area contributed by atoms with E-state index >= 15 is 0 Å². The van der Waals surface area contributed by atoms with Crippen LogP contribution in [0.5, 0.6) is 0 Å². The molecule has 20 heavy (non-hydrogen) atoms. The topological polar surface area (TPSA) is 87.2 Å². The minimum atomic E-state index is -4.36. The Labute approximate surface area is 116 Å². The Morgan fingerprint density at radius 2 is 1.90 bits per heavy atom. The van der Waals surface area contributed by atoms with Crippen molar-refractivity contribution in [3.63, 3.8) is 0 Å². The molecule has 0 heterocycles. The van der Waals surface area contributed by atoms with Crippen molar-refractivity contribution in [3.05, 3.63) is 23.8 Å². The van der Waals surface area contributed by atoms with Crippen molar-refractivity contribution >= 4 is 15.7 Å². The molecule has 5 nitrogen and oxygen atoms in total. The molecular formula is C12H15F2N3O2S. The quantitative estimate of drug-likeness (QED) is 0.839. The number of sulfonamides is 1. The number of nitrogens with zero attached hydrogens (tertiary/aromatic N) is 2. The van der Waals surface area contributed by atoms with Crippen LogP contribution in [0.2, 0.25) is 0 Å². The second-order valence-electron chi connectivity index (χ2n) is 4.30. The molecule has 0 aliphatic carbocycles. The van der Waals surface area contributed by atoms with E-state index in [0.29, 0.717) is 0 Å². The van der Waals surface area contributed by atoms with Crippen molar-refractivity contribution in [1.82, 2.24) is 4.31 Å². The van der Waals surface area contributed by atoms with Crippen LogP contribution in [0.25, 0.3) is 0 Å². The number of benzene rings is 1. The Morgan fingerprint density at radius 3 is 2.30 bits per heavy atom. The average Bonchev–Trinajstić information content (AvgIpc) is 2.33. The van der Waals surface area contributed by atoms with Gasteiger partial charge in [0.05, 0.1) is 12.0 Å². The number of halogens is 2. The van der Waals surface area contributed by atoms with Crippen molar-refractivity contribution in [2.75, 3.05) is 18.8 Å². The highest BCUT2D eigenvalue weighted by molar-refractivity contribution is 7.89. The first-order valence-electron chi connectivity index (χ1n) is 5.88. The molecule has 1 aromatic rings. The summed E-state index contributed by atoms with van der Waals surface area (Å²) in [5.41, 5.74) is 5.05. The van der Waals surface area contributed by atoms with Gasteiger partial charge in [0.15, 0.2) is 4.90 Å². The highest BCUT2D eigenvalue weighted by atomic mass is 32.2. The molecule has 0 aromatic heterocycles. The first-order valence-corrected chi connectivity index (χ1v) is 7.32. The molecule has 0 saturated heterocycles. The normalized spacial score (nSPS) is 13.2. The number of rotatable bonds is 5.